The quantitative estimate of drug-likeness (QED) is 0.857. The Labute approximate surface area is 121 Å². The van der Waals surface area contributed by atoms with Crippen LogP contribution in [-0.2, 0) is 4.79 Å². The highest BCUT2D eigenvalue weighted by molar-refractivity contribution is 8.00. The van der Waals surface area contributed by atoms with Crippen LogP contribution in [0.5, 0.6) is 0 Å². The lowest BCUT2D eigenvalue weighted by atomic mass is 10.2. The van der Waals surface area contributed by atoms with E-state index in [4.69, 9.17) is 4.42 Å². The SMILES string of the molecule is C[C@H](Sc1nnc(-c2ccccc2)o1)C(=O)NC1CC1. The van der Waals surface area contributed by atoms with Crippen LogP contribution in [0.1, 0.15) is 19.8 Å². The zero-order chi connectivity index (χ0) is 13.9. The molecule has 1 aromatic heterocycles. The number of hydrogen-bond donors (Lipinski definition) is 1. The van der Waals surface area contributed by atoms with Crippen LogP contribution in [0, 0.1) is 0 Å². The molecule has 1 fully saturated rings. The molecule has 20 heavy (non-hydrogen) atoms. The Morgan fingerprint density at radius 3 is 2.80 bits per heavy atom. The second-order valence-electron chi connectivity index (χ2n) is 4.78. The van der Waals surface area contributed by atoms with Crippen LogP contribution in [0.3, 0.4) is 0 Å². The Kier molecular flexibility index (Phi) is 3.73. The minimum atomic E-state index is -0.236. The van der Waals surface area contributed by atoms with Crippen molar-refractivity contribution >= 4 is 17.7 Å². The van der Waals surface area contributed by atoms with Crippen LogP contribution >= 0.6 is 11.8 Å². The van der Waals surface area contributed by atoms with Gasteiger partial charge in [0.1, 0.15) is 0 Å². The van der Waals surface area contributed by atoms with Crippen molar-refractivity contribution in [2.24, 2.45) is 0 Å². The monoisotopic (exact) mass is 289 g/mol. The number of carbonyl (C=O) groups excluding carboxylic acids is 1. The van der Waals surface area contributed by atoms with E-state index in [2.05, 4.69) is 15.5 Å². The molecule has 1 aromatic carbocycles. The molecule has 0 radical (unpaired) electrons. The average molecular weight is 289 g/mol. The van der Waals surface area contributed by atoms with Gasteiger partial charge in [0.2, 0.25) is 11.8 Å². The summed E-state index contributed by atoms with van der Waals surface area (Å²) in [4.78, 5) is 11.9. The lowest BCUT2D eigenvalue weighted by Crippen LogP contribution is -2.32. The molecule has 1 atom stereocenters. The highest BCUT2D eigenvalue weighted by atomic mass is 32.2. The van der Waals surface area contributed by atoms with Gasteiger partial charge in [-0.05, 0) is 31.9 Å². The summed E-state index contributed by atoms with van der Waals surface area (Å²) in [5.74, 6) is 0.500. The Bertz CT molecular complexity index is 595. The zero-order valence-corrected chi connectivity index (χ0v) is 11.9. The topological polar surface area (TPSA) is 68.0 Å². The molecule has 0 spiro atoms. The smallest absolute Gasteiger partial charge is 0.277 e. The minimum Gasteiger partial charge on any atom is -0.411 e. The van der Waals surface area contributed by atoms with E-state index in [-0.39, 0.29) is 11.2 Å². The maximum atomic E-state index is 11.9. The van der Waals surface area contributed by atoms with Crippen molar-refractivity contribution < 1.29 is 9.21 Å². The predicted octanol–water partition coefficient (Wildman–Crippen LogP) is 2.50. The fourth-order valence-corrected chi connectivity index (χ4v) is 2.40. The van der Waals surface area contributed by atoms with Crippen LogP contribution in [-0.4, -0.2) is 27.4 Å². The van der Waals surface area contributed by atoms with Gasteiger partial charge in [-0.2, -0.15) is 0 Å². The molecule has 5 nitrogen and oxygen atoms in total. The molecule has 1 aliphatic carbocycles. The largest absolute Gasteiger partial charge is 0.411 e. The Hall–Kier alpha value is -1.82. The van der Waals surface area contributed by atoms with Gasteiger partial charge in [-0.1, -0.05) is 30.0 Å². The van der Waals surface area contributed by atoms with E-state index in [0.29, 0.717) is 17.2 Å². The van der Waals surface area contributed by atoms with Gasteiger partial charge in [-0.25, -0.2) is 0 Å². The Morgan fingerprint density at radius 1 is 1.35 bits per heavy atom. The third kappa shape index (κ3) is 3.19. The first-order valence-corrected chi connectivity index (χ1v) is 7.46. The van der Waals surface area contributed by atoms with Crippen molar-refractivity contribution in [2.45, 2.75) is 36.3 Å². The van der Waals surface area contributed by atoms with Crippen LogP contribution < -0.4 is 5.32 Å². The maximum Gasteiger partial charge on any atom is 0.277 e. The minimum absolute atomic E-state index is 0.0250. The van der Waals surface area contributed by atoms with Gasteiger partial charge in [0.05, 0.1) is 5.25 Å². The van der Waals surface area contributed by atoms with Crippen molar-refractivity contribution in [1.29, 1.82) is 0 Å². The summed E-state index contributed by atoms with van der Waals surface area (Å²) in [6.45, 7) is 1.84. The van der Waals surface area contributed by atoms with Gasteiger partial charge >= 0.3 is 0 Å². The summed E-state index contributed by atoms with van der Waals surface area (Å²) in [5, 5.41) is 11.1. The van der Waals surface area contributed by atoms with E-state index in [1.165, 1.54) is 11.8 Å². The first kappa shape index (κ1) is 13.2. The molecule has 1 aliphatic rings. The van der Waals surface area contributed by atoms with E-state index in [1.807, 2.05) is 37.3 Å². The number of thioether (sulfide) groups is 1. The van der Waals surface area contributed by atoms with Gasteiger partial charge in [-0.15, -0.1) is 10.2 Å². The summed E-state index contributed by atoms with van der Waals surface area (Å²) in [5.41, 5.74) is 0.877. The number of nitrogens with one attached hydrogen (secondary N) is 1. The molecule has 6 heteroatoms. The first-order chi connectivity index (χ1) is 9.72. The van der Waals surface area contributed by atoms with Crippen molar-refractivity contribution in [3.63, 3.8) is 0 Å². The molecule has 0 aliphatic heterocycles. The first-order valence-electron chi connectivity index (χ1n) is 6.58. The number of benzene rings is 1. The van der Waals surface area contributed by atoms with Crippen LogP contribution in [0.15, 0.2) is 40.0 Å². The van der Waals surface area contributed by atoms with E-state index in [9.17, 15) is 4.79 Å². The number of aromatic nitrogens is 2. The van der Waals surface area contributed by atoms with Crippen LogP contribution in [0.2, 0.25) is 0 Å². The maximum absolute atomic E-state index is 11.9. The molecule has 1 heterocycles. The number of amides is 1. The summed E-state index contributed by atoms with van der Waals surface area (Å²) >= 11 is 1.28. The van der Waals surface area contributed by atoms with E-state index < -0.39 is 0 Å². The highest BCUT2D eigenvalue weighted by Gasteiger charge is 2.26. The third-order valence-corrected chi connectivity index (χ3v) is 3.93. The highest BCUT2D eigenvalue weighted by Crippen LogP contribution is 2.27. The van der Waals surface area contributed by atoms with Gasteiger partial charge in [0.15, 0.2) is 0 Å². The number of hydrogen-bond acceptors (Lipinski definition) is 5. The van der Waals surface area contributed by atoms with Crippen molar-refractivity contribution in [3.8, 4) is 11.5 Å². The third-order valence-electron chi connectivity index (χ3n) is 3.00. The molecule has 3 rings (SSSR count). The van der Waals surface area contributed by atoms with Crippen molar-refractivity contribution in [3.05, 3.63) is 30.3 Å². The summed E-state index contributed by atoms with van der Waals surface area (Å²) in [7, 11) is 0. The van der Waals surface area contributed by atoms with E-state index in [1.54, 1.807) is 0 Å². The summed E-state index contributed by atoms with van der Waals surface area (Å²) in [6.07, 6.45) is 2.17. The zero-order valence-electron chi connectivity index (χ0n) is 11.1. The molecule has 2 aromatic rings. The molecule has 104 valence electrons. The Balaban J connectivity index is 1.63. The number of carbonyl (C=O) groups is 1. The summed E-state index contributed by atoms with van der Waals surface area (Å²) in [6, 6.07) is 9.94. The predicted molar refractivity (Wildman–Crippen MR) is 76.2 cm³/mol. The standard InChI is InChI=1S/C14H15N3O2S/c1-9(12(18)15-11-7-8-11)20-14-17-16-13(19-14)10-5-3-2-4-6-10/h2-6,9,11H,7-8H2,1H3,(H,15,18)/t9-/m0/s1. The van der Waals surface area contributed by atoms with Crippen molar-refractivity contribution in [2.75, 3.05) is 0 Å². The van der Waals surface area contributed by atoms with E-state index >= 15 is 0 Å². The summed E-state index contributed by atoms with van der Waals surface area (Å²) < 4.78 is 5.57. The average Bonchev–Trinajstić information content (AvgIpc) is 3.16. The molecule has 0 unspecified atom stereocenters. The number of rotatable bonds is 5. The van der Waals surface area contributed by atoms with Gasteiger partial charge in [-0.3, -0.25) is 4.79 Å². The van der Waals surface area contributed by atoms with Crippen molar-refractivity contribution in [1.82, 2.24) is 15.5 Å². The lowest BCUT2D eigenvalue weighted by molar-refractivity contribution is -0.120. The lowest BCUT2D eigenvalue weighted by Gasteiger charge is -2.08. The van der Waals surface area contributed by atoms with Gasteiger partial charge in [0.25, 0.3) is 5.22 Å². The van der Waals surface area contributed by atoms with Crippen LogP contribution in [0.25, 0.3) is 11.5 Å². The molecular formula is C14H15N3O2S. The molecular weight excluding hydrogens is 274 g/mol. The number of nitrogens with zero attached hydrogens (tertiary/aromatic N) is 2. The fourth-order valence-electron chi connectivity index (χ4n) is 1.71. The molecule has 1 amide bonds. The molecule has 0 saturated heterocycles. The molecule has 1 saturated carbocycles. The Morgan fingerprint density at radius 2 is 2.10 bits per heavy atom. The molecule has 0 bridgehead atoms. The van der Waals surface area contributed by atoms with Crippen LogP contribution in [0.4, 0.5) is 0 Å². The van der Waals surface area contributed by atoms with E-state index in [0.717, 1.165) is 18.4 Å². The van der Waals surface area contributed by atoms with Gasteiger partial charge in [0, 0.05) is 11.6 Å². The van der Waals surface area contributed by atoms with Gasteiger partial charge < -0.3 is 9.73 Å². The normalized spacial score (nSPS) is 15.8. The second-order valence-corrected chi connectivity index (χ2v) is 6.07. The molecule has 1 N–H and O–H groups in total. The second kappa shape index (κ2) is 5.66. The fraction of sp³-hybridized carbons (Fsp3) is 0.357.